The Balaban J connectivity index is 2.14. The van der Waals surface area contributed by atoms with Gasteiger partial charge >= 0.3 is 0 Å². The lowest BCUT2D eigenvalue weighted by Crippen LogP contribution is -2.21. The Labute approximate surface area is 133 Å². The van der Waals surface area contributed by atoms with Crippen LogP contribution in [0, 0.1) is 13.8 Å². The summed E-state index contributed by atoms with van der Waals surface area (Å²) in [6, 6.07) is 3.45. The zero-order valence-corrected chi connectivity index (χ0v) is 15.0. The Morgan fingerprint density at radius 2 is 2.00 bits per heavy atom. The predicted molar refractivity (Wildman–Crippen MR) is 84.8 cm³/mol. The van der Waals surface area contributed by atoms with Crippen molar-refractivity contribution < 1.29 is 8.42 Å². The molecule has 0 bridgehead atoms. The molecule has 2 heterocycles. The normalized spacial score (nSPS) is 12.0. The molecule has 0 saturated heterocycles. The third kappa shape index (κ3) is 3.59. The van der Waals surface area contributed by atoms with Crippen LogP contribution in [-0.2, 0) is 16.6 Å². The van der Waals surface area contributed by atoms with Crippen LogP contribution in [0.5, 0.6) is 0 Å². The van der Waals surface area contributed by atoms with Gasteiger partial charge in [-0.3, -0.25) is 0 Å². The van der Waals surface area contributed by atoms with Gasteiger partial charge in [-0.15, -0.1) is 22.7 Å². The summed E-state index contributed by atoms with van der Waals surface area (Å²) in [5, 5.41) is 0.410. The fourth-order valence-corrected chi connectivity index (χ4v) is 5.97. The summed E-state index contributed by atoms with van der Waals surface area (Å²) >= 11 is 11.8. The van der Waals surface area contributed by atoms with Crippen LogP contribution in [-0.4, -0.2) is 8.42 Å². The van der Waals surface area contributed by atoms with E-state index in [2.05, 4.69) is 20.7 Å². The molecule has 0 aliphatic carbocycles. The summed E-state index contributed by atoms with van der Waals surface area (Å²) in [4.78, 5) is 2.21. The van der Waals surface area contributed by atoms with E-state index in [1.807, 2.05) is 19.9 Å². The van der Waals surface area contributed by atoms with Gasteiger partial charge in [-0.1, -0.05) is 11.6 Å². The van der Waals surface area contributed by atoms with Crippen LogP contribution in [0.4, 0.5) is 0 Å². The lowest BCUT2D eigenvalue weighted by molar-refractivity contribution is 0.584. The fourth-order valence-electron chi connectivity index (χ4n) is 1.43. The first kappa shape index (κ1) is 15.5. The molecule has 0 fully saturated rings. The number of sulfonamides is 1. The molecule has 0 atom stereocenters. The molecule has 0 aromatic carbocycles. The van der Waals surface area contributed by atoms with Crippen molar-refractivity contribution in [2.75, 3.05) is 0 Å². The predicted octanol–water partition coefficient (Wildman–Crippen LogP) is 4.32. The molecule has 104 valence electrons. The van der Waals surface area contributed by atoms with Crippen molar-refractivity contribution in [3.05, 3.63) is 36.3 Å². The van der Waals surface area contributed by atoms with Crippen LogP contribution < -0.4 is 4.72 Å². The summed E-state index contributed by atoms with van der Waals surface area (Å²) in [5.41, 5.74) is 1.18. The molecule has 0 spiro atoms. The van der Waals surface area contributed by atoms with Gasteiger partial charge in [-0.2, -0.15) is 0 Å². The minimum Gasteiger partial charge on any atom is -0.206 e. The molecule has 2 aromatic heterocycles. The maximum atomic E-state index is 12.1. The molecule has 0 radical (unpaired) electrons. The van der Waals surface area contributed by atoms with E-state index in [0.717, 1.165) is 16.2 Å². The minimum absolute atomic E-state index is 0.217. The monoisotopic (exact) mass is 399 g/mol. The minimum atomic E-state index is -3.50. The average molecular weight is 401 g/mol. The highest BCUT2D eigenvalue weighted by Gasteiger charge is 2.19. The van der Waals surface area contributed by atoms with Crippen molar-refractivity contribution in [3.63, 3.8) is 0 Å². The van der Waals surface area contributed by atoms with Crippen LogP contribution in [0.2, 0.25) is 5.02 Å². The van der Waals surface area contributed by atoms with Gasteiger partial charge in [-0.05, 0) is 47.5 Å². The van der Waals surface area contributed by atoms with Crippen molar-refractivity contribution in [1.29, 1.82) is 0 Å². The van der Waals surface area contributed by atoms with Gasteiger partial charge in [-0.25, -0.2) is 13.1 Å². The highest BCUT2D eigenvalue weighted by Crippen LogP contribution is 2.34. The molecule has 3 nitrogen and oxygen atoms in total. The number of hydrogen-bond acceptors (Lipinski definition) is 4. The molecule has 0 aliphatic rings. The quantitative estimate of drug-likeness (QED) is 0.830. The third-order valence-electron chi connectivity index (χ3n) is 2.54. The molecule has 2 aromatic rings. The molecule has 1 N–H and O–H groups in total. The smallest absolute Gasteiger partial charge is 0.206 e. The van der Waals surface area contributed by atoms with E-state index < -0.39 is 10.0 Å². The van der Waals surface area contributed by atoms with E-state index in [9.17, 15) is 8.42 Å². The number of rotatable bonds is 4. The number of aryl methyl sites for hydroxylation is 2. The van der Waals surface area contributed by atoms with E-state index in [4.69, 9.17) is 11.6 Å². The van der Waals surface area contributed by atoms with E-state index in [-0.39, 0.29) is 4.21 Å². The largest absolute Gasteiger partial charge is 0.250 e. The van der Waals surface area contributed by atoms with Gasteiger partial charge in [0.05, 0.1) is 8.81 Å². The molecule has 0 unspecified atom stereocenters. The number of thiophene rings is 2. The average Bonchev–Trinajstić information content (AvgIpc) is 2.82. The summed E-state index contributed by atoms with van der Waals surface area (Å²) in [6.07, 6.45) is 0. The second kappa shape index (κ2) is 5.83. The number of halogens is 2. The number of nitrogens with one attached hydrogen (secondary N) is 1. The summed E-state index contributed by atoms with van der Waals surface area (Å²) in [7, 11) is -3.50. The first-order valence-corrected chi connectivity index (χ1v) is 9.58. The first-order valence-electron chi connectivity index (χ1n) is 5.30. The maximum Gasteiger partial charge on any atom is 0.250 e. The van der Waals surface area contributed by atoms with Crippen molar-refractivity contribution >= 4 is 60.2 Å². The van der Waals surface area contributed by atoms with Crippen LogP contribution in [0.3, 0.4) is 0 Å². The molecular weight excluding hydrogens is 390 g/mol. The third-order valence-corrected chi connectivity index (χ3v) is 8.04. The Morgan fingerprint density at radius 1 is 1.32 bits per heavy atom. The Bertz CT molecular complexity index is 667. The lowest BCUT2D eigenvalue weighted by Gasteiger charge is -2.02. The van der Waals surface area contributed by atoms with E-state index in [1.54, 1.807) is 11.3 Å². The fraction of sp³-hybridized carbons (Fsp3) is 0.273. The van der Waals surface area contributed by atoms with E-state index in [0.29, 0.717) is 15.4 Å². The highest BCUT2D eigenvalue weighted by atomic mass is 79.9. The second-order valence-corrected chi connectivity index (χ2v) is 10.1. The molecule has 0 amide bonds. The highest BCUT2D eigenvalue weighted by molar-refractivity contribution is 9.11. The van der Waals surface area contributed by atoms with Gasteiger partial charge < -0.3 is 0 Å². The molecule has 2 rings (SSSR count). The van der Waals surface area contributed by atoms with Crippen LogP contribution in [0.25, 0.3) is 0 Å². The Hall–Kier alpha value is 0.0800. The Kier molecular flexibility index (Phi) is 4.75. The summed E-state index contributed by atoms with van der Waals surface area (Å²) in [6.45, 7) is 4.34. The van der Waals surface area contributed by atoms with Gasteiger partial charge in [0, 0.05) is 16.3 Å². The Morgan fingerprint density at radius 3 is 2.47 bits per heavy atom. The zero-order chi connectivity index (χ0) is 14.2. The van der Waals surface area contributed by atoms with Crippen molar-refractivity contribution in [2.45, 2.75) is 24.6 Å². The van der Waals surface area contributed by atoms with E-state index in [1.165, 1.54) is 16.5 Å². The van der Waals surface area contributed by atoms with Crippen LogP contribution in [0.15, 0.2) is 20.1 Å². The van der Waals surface area contributed by atoms with Crippen LogP contribution in [0.1, 0.15) is 15.3 Å². The van der Waals surface area contributed by atoms with Crippen molar-refractivity contribution in [2.24, 2.45) is 0 Å². The first-order chi connectivity index (χ1) is 8.79. The topological polar surface area (TPSA) is 46.2 Å². The van der Waals surface area contributed by atoms with Gasteiger partial charge in [0.25, 0.3) is 0 Å². The van der Waals surface area contributed by atoms with Gasteiger partial charge in [0.15, 0.2) is 0 Å². The molecule has 19 heavy (non-hydrogen) atoms. The van der Waals surface area contributed by atoms with E-state index >= 15 is 0 Å². The van der Waals surface area contributed by atoms with Gasteiger partial charge in [0.2, 0.25) is 10.0 Å². The molecule has 0 saturated carbocycles. The number of hydrogen-bond donors (Lipinski definition) is 1. The van der Waals surface area contributed by atoms with Crippen molar-refractivity contribution in [3.8, 4) is 0 Å². The van der Waals surface area contributed by atoms with Crippen LogP contribution >= 0.6 is 50.2 Å². The second-order valence-electron chi connectivity index (χ2n) is 3.96. The molecule has 8 heteroatoms. The summed E-state index contributed by atoms with van der Waals surface area (Å²) in [5.74, 6) is 0. The molecule has 0 aliphatic heterocycles. The SMILES string of the molecule is Cc1cc(CNS(=O)(=O)c2cc(Cl)c(Br)s2)sc1C. The lowest BCUT2D eigenvalue weighted by atomic mass is 10.3. The van der Waals surface area contributed by atoms with Crippen molar-refractivity contribution in [1.82, 2.24) is 4.72 Å². The zero-order valence-electron chi connectivity index (χ0n) is 10.2. The standard InChI is InChI=1S/C11H11BrClNO2S3/c1-6-3-8(17-7(6)2)5-14-19(15,16)10-4-9(13)11(12)18-10/h3-4,14H,5H2,1-2H3. The van der Waals surface area contributed by atoms with Gasteiger partial charge in [0.1, 0.15) is 4.21 Å². The maximum absolute atomic E-state index is 12.1. The molecular formula is C11H11BrClNO2S3. The summed E-state index contributed by atoms with van der Waals surface area (Å²) < 4.78 is 27.6.